The van der Waals surface area contributed by atoms with Gasteiger partial charge in [0.1, 0.15) is 5.82 Å². The van der Waals surface area contributed by atoms with Crippen LogP contribution < -0.4 is 4.90 Å². The summed E-state index contributed by atoms with van der Waals surface area (Å²) in [6.07, 6.45) is 3.80. The summed E-state index contributed by atoms with van der Waals surface area (Å²) in [5.41, 5.74) is 2.14. The predicted octanol–water partition coefficient (Wildman–Crippen LogP) is 1.14. The summed E-state index contributed by atoms with van der Waals surface area (Å²) in [6, 6.07) is 0. The maximum Gasteiger partial charge on any atom is 0.132 e. The third-order valence-electron chi connectivity index (χ3n) is 4.60. The van der Waals surface area contributed by atoms with Gasteiger partial charge < -0.3 is 14.9 Å². The Hall–Kier alpha value is -1.07. The number of aryl methyl sites for hydroxylation is 2. The highest BCUT2D eigenvalue weighted by molar-refractivity contribution is 5.49. The second-order valence-electron chi connectivity index (χ2n) is 6.00. The van der Waals surface area contributed by atoms with E-state index in [2.05, 4.69) is 36.0 Å². The molecule has 19 heavy (non-hydrogen) atoms. The van der Waals surface area contributed by atoms with Gasteiger partial charge in [0.2, 0.25) is 0 Å². The first kappa shape index (κ1) is 14.3. The van der Waals surface area contributed by atoms with Crippen molar-refractivity contribution in [2.75, 3.05) is 32.6 Å². The minimum atomic E-state index is 0.0499. The molecule has 1 aliphatic carbocycles. The fraction of sp³-hybridized carbons (Fsp3) is 0.786. The van der Waals surface area contributed by atoms with Crippen LogP contribution in [0.1, 0.15) is 30.5 Å². The van der Waals surface area contributed by atoms with Crippen molar-refractivity contribution in [1.82, 2.24) is 14.7 Å². The lowest BCUT2D eigenvalue weighted by Gasteiger charge is -2.49. The third kappa shape index (κ3) is 2.37. The van der Waals surface area contributed by atoms with Gasteiger partial charge >= 0.3 is 0 Å². The van der Waals surface area contributed by atoms with Crippen LogP contribution in [-0.2, 0) is 13.7 Å². The number of aliphatic hydroxyl groups is 1. The van der Waals surface area contributed by atoms with Gasteiger partial charge in [-0.1, -0.05) is 0 Å². The largest absolute Gasteiger partial charge is 0.391 e. The highest BCUT2D eigenvalue weighted by Gasteiger charge is 2.40. The molecule has 0 saturated heterocycles. The van der Waals surface area contributed by atoms with Gasteiger partial charge in [-0.25, -0.2) is 0 Å². The quantitative estimate of drug-likeness (QED) is 0.868. The minimum absolute atomic E-state index is 0.0499. The van der Waals surface area contributed by atoms with Gasteiger partial charge in [-0.3, -0.25) is 4.68 Å². The molecule has 1 N–H and O–H groups in total. The molecule has 108 valence electrons. The van der Waals surface area contributed by atoms with Crippen LogP contribution in [0, 0.1) is 6.92 Å². The van der Waals surface area contributed by atoms with Crippen LogP contribution in [0.4, 0.5) is 5.82 Å². The Bertz CT molecular complexity index is 449. The molecule has 0 atom stereocenters. The fourth-order valence-electron chi connectivity index (χ4n) is 3.20. The van der Waals surface area contributed by atoms with E-state index in [0.717, 1.165) is 23.6 Å². The van der Waals surface area contributed by atoms with Crippen molar-refractivity contribution in [3.8, 4) is 0 Å². The van der Waals surface area contributed by atoms with Crippen LogP contribution in [-0.4, -0.2) is 53.0 Å². The SMILES string of the molecule is Cc1nn(C)c(N(C)CC2(N(C)C)CCC2)c1CO. The molecule has 0 spiro atoms. The Kier molecular flexibility index (Phi) is 3.87. The molecule has 5 nitrogen and oxygen atoms in total. The molecule has 1 aliphatic rings. The summed E-state index contributed by atoms with van der Waals surface area (Å²) in [7, 11) is 8.36. The van der Waals surface area contributed by atoms with Crippen molar-refractivity contribution in [3.05, 3.63) is 11.3 Å². The zero-order valence-electron chi connectivity index (χ0n) is 12.8. The second kappa shape index (κ2) is 5.13. The van der Waals surface area contributed by atoms with Crippen molar-refractivity contribution in [2.45, 2.75) is 38.3 Å². The van der Waals surface area contributed by atoms with Gasteiger partial charge in [0, 0.05) is 31.7 Å². The van der Waals surface area contributed by atoms with Crippen molar-refractivity contribution >= 4 is 5.82 Å². The molecule has 2 rings (SSSR count). The van der Waals surface area contributed by atoms with Crippen LogP contribution in [0.2, 0.25) is 0 Å². The van der Waals surface area contributed by atoms with Crippen LogP contribution in [0.25, 0.3) is 0 Å². The monoisotopic (exact) mass is 266 g/mol. The van der Waals surface area contributed by atoms with E-state index in [0.29, 0.717) is 0 Å². The number of hydrogen-bond acceptors (Lipinski definition) is 4. The summed E-state index contributed by atoms with van der Waals surface area (Å²) in [5.74, 6) is 1.04. The van der Waals surface area contributed by atoms with Crippen LogP contribution in [0.3, 0.4) is 0 Å². The molecule has 0 aliphatic heterocycles. The lowest BCUT2D eigenvalue weighted by Crippen LogP contribution is -2.57. The minimum Gasteiger partial charge on any atom is -0.391 e. The molecule has 0 unspecified atom stereocenters. The molecule has 0 bridgehead atoms. The lowest BCUT2D eigenvalue weighted by molar-refractivity contribution is 0.0679. The van der Waals surface area contributed by atoms with Gasteiger partial charge in [0.25, 0.3) is 0 Å². The average molecular weight is 266 g/mol. The van der Waals surface area contributed by atoms with Crippen LogP contribution in [0.15, 0.2) is 0 Å². The van der Waals surface area contributed by atoms with E-state index in [1.807, 2.05) is 18.7 Å². The van der Waals surface area contributed by atoms with Gasteiger partial charge in [0.15, 0.2) is 0 Å². The number of anilines is 1. The maximum absolute atomic E-state index is 9.55. The topological polar surface area (TPSA) is 44.5 Å². The molecular weight excluding hydrogens is 240 g/mol. The Labute approximate surface area is 115 Å². The number of nitrogens with zero attached hydrogens (tertiary/aromatic N) is 4. The third-order valence-corrected chi connectivity index (χ3v) is 4.60. The first-order valence-electron chi connectivity index (χ1n) is 6.93. The number of hydrogen-bond donors (Lipinski definition) is 1. The highest BCUT2D eigenvalue weighted by atomic mass is 16.3. The van der Waals surface area contributed by atoms with E-state index < -0.39 is 0 Å². The highest BCUT2D eigenvalue weighted by Crippen LogP contribution is 2.38. The number of likely N-dealkylation sites (N-methyl/N-ethyl adjacent to an activating group) is 2. The number of aromatic nitrogens is 2. The molecule has 1 aromatic rings. The van der Waals surface area contributed by atoms with Crippen molar-refractivity contribution < 1.29 is 5.11 Å². The van der Waals surface area contributed by atoms with E-state index in [1.165, 1.54) is 19.3 Å². The maximum atomic E-state index is 9.55. The number of rotatable bonds is 5. The second-order valence-corrected chi connectivity index (χ2v) is 6.00. The molecule has 1 saturated carbocycles. The smallest absolute Gasteiger partial charge is 0.132 e. The zero-order valence-corrected chi connectivity index (χ0v) is 12.8. The fourth-order valence-corrected chi connectivity index (χ4v) is 3.20. The summed E-state index contributed by atoms with van der Waals surface area (Å²) in [4.78, 5) is 4.58. The van der Waals surface area contributed by atoms with E-state index in [1.54, 1.807) is 0 Å². The Balaban J connectivity index is 2.22. The first-order valence-corrected chi connectivity index (χ1v) is 6.93. The van der Waals surface area contributed by atoms with Crippen molar-refractivity contribution in [1.29, 1.82) is 0 Å². The number of aliphatic hydroxyl groups excluding tert-OH is 1. The van der Waals surface area contributed by atoms with Crippen LogP contribution in [0.5, 0.6) is 0 Å². The standard InChI is InChI=1S/C14H26N4O/c1-11-12(9-19)13(18(5)15-11)17(4)10-14(16(2)3)7-6-8-14/h19H,6-10H2,1-5H3. The Morgan fingerprint density at radius 2 is 1.95 bits per heavy atom. The molecule has 5 heteroatoms. The molecular formula is C14H26N4O. The molecule has 1 aromatic heterocycles. The molecule has 0 amide bonds. The summed E-state index contributed by atoms with van der Waals surface area (Å²) in [6.45, 7) is 2.98. The first-order chi connectivity index (χ1) is 8.91. The molecule has 1 fully saturated rings. The Morgan fingerprint density at radius 1 is 1.32 bits per heavy atom. The normalized spacial score (nSPS) is 17.6. The zero-order chi connectivity index (χ0) is 14.2. The van der Waals surface area contributed by atoms with E-state index in [9.17, 15) is 5.11 Å². The summed E-state index contributed by atoms with van der Waals surface area (Å²) >= 11 is 0. The summed E-state index contributed by atoms with van der Waals surface area (Å²) < 4.78 is 1.88. The van der Waals surface area contributed by atoms with E-state index in [-0.39, 0.29) is 12.1 Å². The van der Waals surface area contributed by atoms with Gasteiger partial charge in [-0.05, 0) is 40.3 Å². The van der Waals surface area contributed by atoms with Gasteiger partial charge in [0.05, 0.1) is 12.3 Å². The van der Waals surface area contributed by atoms with E-state index in [4.69, 9.17) is 0 Å². The van der Waals surface area contributed by atoms with Gasteiger partial charge in [-0.15, -0.1) is 0 Å². The average Bonchev–Trinajstić information content (AvgIpc) is 2.57. The molecule has 0 aromatic carbocycles. The van der Waals surface area contributed by atoms with E-state index >= 15 is 0 Å². The summed E-state index contributed by atoms with van der Waals surface area (Å²) in [5, 5.41) is 14.0. The van der Waals surface area contributed by atoms with Crippen molar-refractivity contribution in [2.24, 2.45) is 7.05 Å². The lowest BCUT2D eigenvalue weighted by atomic mass is 9.75. The van der Waals surface area contributed by atoms with Crippen molar-refractivity contribution in [3.63, 3.8) is 0 Å². The predicted molar refractivity (Wildman–Crippen MR) is 77.4 cm³/mol. The molecule has 0 radical (unpaired) electrons. The van der Waals surface area contributed by atoms with Gasteiger partial charge in [-0.2, -0.15) is 5.10 Å². The Morgan fingerprint density at radius 3 is 2.37 bits per heavy atom. The van der Waals surface area contributed by atoms with Crippen LogP contribution >= 0.6 is 0 Å². The molecule has 1 heterocycles.